The van der Waals surface area contributed by atoms with Crippen LogP contribution in [-0.2, 0) is 0 Å². The first-order chi connectivity index (χ1) is 10.9. The Bertz CT molecular complexity index is 747. The predicted molar refractivity (Wildman–Crippen MR) is 90.9 cm³/mol. The van der Waals surface area contributed by atoms with Crippen LogP contribution < -0.4 is 10.6 Å². The van der Waals surface area contributed by atoms with E-state index in [2.05, 4.69) is 25.6 Å². The topological polar surface area (TPSA) is 66.0 Å². The van der Waals surface area contributed by atoms with Crippen LogP contribution in [0.4, 0.5) is 16.2 Å². The zero-order valence-electron chi connectivity index (χ0n) is 14.2. The summed E-state index contributed by atoms with van der Waals surface area (Å²) >= 11 is 0. The summed E-state index contributed by atoms with van der Waals surface area (Å²) in [5.41, 5.74) is 3.84. The Hall–Kier alpha value is -2.02. The maximum absolute atomic E-state index is 14.0. The summed E-state index contributed by atoms with van der Waals surface area (Å²) in [5, 5.41) is 7.15. The highest BCUT2D eigenvalue weighted by Crippen LogP contribution is 2.28. The van der Waals surface area contributed by atoms with E-state index < -0.39 is 6.17 Å². The third-order valence-corrected chi connectivity index (χ3v) is 4.63. The standard InChI is InChI=1S/C16H23FN6/c1-8-9(2)13-14(18-4)21-16(22-15(13)19-10(8)3)20-12-7-23(5)6-11(12)17/h11-12H,6-7H2,1-5H3,(H2,18,19,20,21,22). The first kappa shape index (κ1) is 15.9. The minimum atomic E-state index is -0.924. The average molecular weight is 318 g/mol. The Morgan fingerprint density at radius 2 is 1.83 bits per heavy atom. The van der Waals surface area contributed by atoms with Crippen LogP contribution in [0.2, 0.25) is 0 Å². The highest BCUT2D eigenvalue weighted by molar-refractivity contribution is 5.91. The summed E-state index contributed by atoms with van der Waals surface area (Å²) in [6.45, 7) is 7.13. The maximum atomic E-state index is 14.0. The molecule has 1 fully saturated rings. The van der Waals surface area contributed by atoms with E-state index in [-0.39, 0.29) is 6.04 Å². The van der Waals surface area contributed by atoms with Gasteiger partial charge in [-0.3, -0.25) is 0 Å². The Balaban J connectivity index is 2.04. The molecule has 0 aliphatic carbocycles. The summed E-state index contributed by atoms with van der Waals surface area (Å²) in [4.78, 5) is 15.6. The lowest BCUT2D eigenvalue weighted by Gasteiger charge is -2.17. The number of likely N-dealkylation sites (N-methyl/N-ethyl adjacent to an activating group) is 1. The third kappa shape index (κ3) is 2.81. The molecule has 7 heteroatoms. The summed E-state index contributed by atoms with van der Waals surface area (Å²) in [6.07, 6.45) is -0.924. The molecule has 2 N–H and O–H groups in total. The minimum absolute atomic E-state index is 0.296. The Labute approximate surface area is 135 Å². The zero-order valence-corrected chi connectivity index (χ0v) is 14.2. The number of aryl methyl sites for hydroxylation is 2. The van der Waals surface area contributed by atoms with Crippen molar-refractivity contribution in [2.75, 3.05) is 37.8 Å². The minimum Gasteiger partial charge on any atom is -0.372 e. The number of hydrogen-bond donors (Lipinski definition) is 2. The normalized spacial score (nSPS) is 21.8. The molecule has 1 aliphatic rings. The fourth-order valence-corrected chi connectivity index (χ4v) is 3.07. The van der Waals surface area contributed by atoms with Crippen LogP contribution >= 0.6 is 0 Å². The second-order valence-electron chi connectivity index (χ2n) is 6.28. The van der Waals surface area contributed by atoms with Gasteiger partial charge in [-0.15, -0.1) is 0 Å². The number of rotatable bonds is 3. The van der Waals surface area contributed by atoms with Crippen molar-refractivity contribution in [2.45, 2.75) is 33.0 Å². The van der Waals surface area contributed by atoms with E-state index in [1.165, 1.54) is 0 Å². The Kier molecular flexibility index (Phi) is 4.06. The number of pyridine rings is 1. The van der Waals surface area contributed by atoms with E-state index in [0.29, 0.717) is 30.5 Å². The number of halogens is 1. The van der Waals surface area contributed by atoms with Gasteiger partial charge in [-0.1, -0.05) is 0 Å². The van der Waals surface area contributed by atoms with E-state index in [9.17, 15) is 4.39 Å². The van der Waals surface area contributed by atoms with Crippen LogP contribution in [0.1, 0.15) is 16.8 Å². The first-order valence-electron chi connectivity index (χ1n) is 7.83. The van der Waals surface area contributed by atoms with Crippen LogP contribution in [0.3, 0.4) is 0 Å². The molecule has 2 unspecified atom stereocenters. The number of anilines is 2. The number of aromatic nitrogens is 3. The van der Waals surface area contributed by atoms with Gasteiger partial charge in [0.05, 0.1) is 11.4 Å². The van der Waals surface area contributed by atoms with Gasteiger partial charge in [0.1, 0.15) is 12.0 Å². The number of nitrogens with zero attached hydrogens (tertiary/aromatic N) is 4. The molecule has 3 rings (SSSR count). The maximum Gasteiger partial charge on any atom is 0.227 e. The van der Waals surface area contributed by atoms with E-state index in [0.717, 1.165) is 22.2 Å². The van der Waals surface area contributed by atoms with Gasteiger partial charge in [-0.2, -0.15) is 9.97 Å². The molecule has 3 heterocycles. The number of alkyl halides is 1. The van der Waals surface area contributed by atoms with Crippen molar-refractivity contribution in [3.8, 4) is 0 Å². The molecule has 0 aromatic carbocycles. The highest BCUT2D eigenvalue weighted by Gasteiger charge is 2.31. The molecule has 2 atom stereocenters. The first-order valence-corrected chi connectivity index (χ1v) is 7.83. The molecule has 23 heavy (non-hydrogen) atoms. The monoisotopic (exact) mass is 318 g/mol. The van der Waals surface area contributed by atoms with E-state index in [1.54, 1.807) is 0 Å². The van der Waals surface area contributed by atoms with E-state index in [1.807, 2.05) is 39.8 Å². The lowest BCUT2D eigenvalue weighted by atomic mass is 10.1. The van der Waals surface area contributed by atoms with E-state index >= 15 is 0 Å². The summed E-state index contributed by atoms with van der Waals surface area (Å²) in [6, 6.07) is -0.296. The second kappa shape index (κ2) is 5.88. The molecule has 0 radical (unpaired) electrons. The van der Waals surface area contributed by atoms with Crippen LogP contribution in [0.5, 0.6) is 0 Å². The van der Waals surface area contributed by atoms with Crippen LogP contribution in [0, 0.1) is 20.8 Å². The van der Waals surface area contributed by atoms with Crippen molar-refractivity contribution in [1.82, 2.24) is 19.9 Å². The van der Waals surface area contributed by atoms with Crippen LogP contribution in [0.15, 0.2) is 0 Å². The van der Waals surface area contributed by atoms with Crippen LogP contribution in [0.25, 0.3) is 11.0 Å². The van der Waals surface area contributed by atoms with Crippen molar-refractivity contribution < 1.29 is 4.39 Å². The fourth-order valence-electron chi connectivity index (χ4n) is 3.07. The van der Waals surface area contributed by atoms with Gasteiger partial charge in [-0.25, -0.2) is 9.37 Å². The molecule has 6 nitrogen and oxygen atoms in total. The van der Waals surface area contributed by atoms with Gasteiger partial charge < -0.3 is 15.5 Å². The lowest BCUT2D eigenvalue weighted by molar-refractivity contribution is 0.314. The predicted octanol–water partition coefficient (Wildman–Crippen LogP) is 2.06. The molecule has 2 aromatic rings. The number of nitrogens with one attached hydrogen (secondary N) is 2. The van der Waals surface area contributed by atoms with Gasteiger partial charge >= 0.3 is 0 Å². The molecule has 2 aromatic heterocycles. The van der Waals surface area contributed by atoms with Gasteiger partial charge in [-0.05, 0) is 38.9 Å². The molecule has 0 bridgehead atoms. The molecule has 1 saturated heterocycles. The SMILES string of the molecule is CNc1nc(NC2CN(C)CC2F)nc2nc(C)c(C)c(C)c12. The second-order valence-corrected chi connectivity index (χ2v) is 6.28. The fraction of sp³-hybridized carbons (Fsp3) is 0.562. The molecule has 0 amide bonds. The number of likely N-dealkylation sites (tertiary alicyclic amines) is 1. The van der Waals surface area contributed by atoms with Crippen molar-refractivity contribution in [3.63, 3.8) is 0 Å². The van der Waals surface area contributed by atoms with Crippen molar-refractivity contribution >= 4 is 22.8 Å². The molecular weight excluding hydrogens is 295 g/mol. The molecular formula is C16H23FN6. The lowest BCUT2D eigenvalue weighted by Crippen LogP contribution is -2.30. The van der Waals surface area contributed by atoms with Crippen molar-refractivity contribution in [3.05, 3.63) is 16.8 Å². The zero-order chi connectivity index (χ0) is 16.7. The highest BCUT2D eigenvalue weighted by atomic mass is 19.1. The Morgan fingerprint density at radius 1 is 1.09 bits per heavy atom. The van der Waals surface area contributed by atoms with Crippen molar-refractivity contribution in [1.29, 1.82) is 0 Å². The van der Waals surface area contributed by atoms with Gasteiger partial charge in [0.25, 0.3) is 0 Å². The average Bonchev–Trinajstić information content (AvgIpc) is 2.81. The van der Waals surface area contributed by atoms with E-state index in [4.69, 9.17) is 0 Å². The molecule has 1 aliphatic heterocycles. The van der Waals surface area contributed by atoms with Crippen molar-refractivity contribution in [2.24, 2.45) is 0 Å². The molecule has 124 valence electrons. The third-order valence-electron chi connectivity index (χ3n) is 4.63. The summed E-state index contributed by atoms with van der Waals surface area (Å²) in [5.74, 6) is 1.13. The smallest absolute Gasteiger partial charge is 0.227 e. The summed E-state index contributed by atoms with van der Waals surface area (Å²) < 4.78 is 14.0. The molecule has 0 saturated carbocycles. The number of fused-ring (bicyclic) bond motifs is 1. The quantitative estimate of drug-likeness (QED) is 0.903. The largest absolute Gasteiger partial charge is 0.372 e. The molecule has 0 spiro atoms. The van der Waals surface area contributed by atoms with Gasteiger partial charge in [0, 0.05) is 25.8 Å². The van der Waals surface area contributed by atoms with Gasteiger partial charge in [0.15, 0.2) is 5.65 Å². The Morgan fingerprint density at radius 3 is 2.43 bits per heavy atom. The number of hydrogen-bond acceptors (Lipinski definition) is 6. The summed E-state index contributed by atoms with van der Waals surface area (Å²) in [7, 11) is 3.73. The van der Waals surface area contributed by atoms with Crippen LogP contribution in [-0.4, -0.2) is 59.3 Å². The van der Waals surface area contributed by atoms with Gasteiger partial charge in [0.2, 0.25) is 5.95 Å².